The highest BCUT2D eigenvalue weighted by Crippen LogP contribution is 2.30. The van der Waals surface area contributed by atoms with Gasteiger partial charge in [0, 0.05) is 26.2 Å². The Labute approximate surface area is 117 Å². The van der Waals surface area contributed by atoms with Gasteiger partial charge < -0.3 is 15.7 Å². The molecule has 2 unspecified atom stereocenters. The topological polar surface area (TPSA) is 92.1 Å². The van der Waals surface area contributed by atoms with Crippen molar-refractivity contribution in [2.24, 2.45) is 11.8 Å². The maximum Gasteiger partial charge on any atom is 0.273 e. The van der Waals surface area contributed by atoms with E-state index in [-0.39, 0.29) is 12.5 Å². The van der Waals surface area contributed by atoms with Crippen molar-refractivity contribution in [3.05, 3.63) is 11.9 Å². The minimum atomic E-state index is -0.174. The lowest BCUT2D eigenvalue weighted by atomic mass is 9.97. The smallest absolute Gasteiger partial charge is 0.273 e. The van der Waals surface area contributed by atoms with Gasteiger partial charge in [-0.15, -0.1) is 5.10 Å². The summed E-state index contributed by atoms with van der Waals surface area (Å²) in [5.74, 6) is 0.536. The molecule has 1 saturated carbocycles. The number of hydrogen-bond donors (Lipinski definition) is 3. The second-order valence-corrected chi connectivity index (χ2v) is 5.74. The van der Waals surface area contributed by atoms with Crippen molar-refractivity contribution in [2.45, 2.75) is 25.3 Å². The Balaban J connectivity index is 1.52. The van der Waals surface area contributed by atoms with Gasteiger partial charge >= 0.3 is 0 Å². The standard InChI is InChI=1S/C13H21N5O2/c19-8-10-3-1-2-9(10)4-15-13(20)12-7-18(17-16-12)11-5-14-6-11/h7,9-11,14,19H,1-6,8H2,(H,15,20). The summed E-state index contributed by atoms with van der Waals surface area (Å²) in [4.78, 5) is 12.0. The quantitative estimate of drug-likeness (QED) is 0.679. The van der Waals surface area contributed by atoms with E-state index in [2.05, 4.69) is 20.9 Å². The molecule has 7 heteroatoms. The molecule has 1 aromatic rings. The third-order valence-electron chi connectivity index (χ3n) is 4.45. The van der Waals surface area contributed by atoms with Gasteiger partial charge in [0.15, 0.2) is 5.69 Å². The molecule has 0 bridgehead atoms. The average Bonchev–Trinajstić information content (AvgIpc) is 3.02. The summed E-state index contributed by atoms with van der Waals surface area (Å²) in [5, 5.41) is 23.3. The fourth-order valence-electron chi connectivity index (χ4n) is 2.96. The van der Waals surface area contributed by atoms with Crippen LogP contribution in [0.5, 0.6) is 0 Å². The number of nitrogens with one attached hydrogen (secondary N) is 2. The minimum absolute atomic E-state index is 0.174. The first-order valence-electron chi connectivity index (χ1n) is 7.29. The van der Waals surface area contributed by atoms with Gasteiger partial charge in [0.2, 0.25) is 0 Å². The zero-order valence-corrected chi connectivity index (χ0v) is 11.5. The van der Waals surface area contributed by atoms with E-state index >= 15 is 0 Å². The van der Waals surface area contributed by atoms with Crippen LogP contribution in [-0.2, 0) is 0 Å². The summed E-state index contributed by atoms with van der Waals surface area (Å²) in [5.41, 5.74) is 0.371. The first kappa shape index (κ1) is 13.5. The molecule has 2 heterocycles. The van der Waals surface area contributed by atoms with E-state index in [0.717, 1.165) is 32.4 Å². The van der Waals surface area contributed by atoms with E-state index in [1.807, 2.05) is 0 Å². The van der Waals surface area contributed by atoms with Gasteiger partial charge in [-0.3, -0.25) is 4.79 Å². The van der Waals surface area contributed by atoms with Crippen LogP contribution in [0.1, 0.15) is 35.8 Å². The third kappa shape index (κ3) is 2.69. The lowest BCUT2D eigenvalue weighted by Gasteiger charge is -2.26. The van der Waals surface area contributed by atoms with Crippen LogP contribution in [0.2, 0.25) is 0 Å². The van der Waals surface area contributed by atoms with Gasteiger partial charge in [-0.05, 0) is 24.7 Å². The van der Waals surface area contributed by atoms with Gasteiger partial charge in [-0.25, -0.2) is 4.68 Å². The van der Waals surface area contributed by atoms with Crippen molar-refractivity contribution in [1.29, 1.82) is 0 Å². The molecular formula is C13H21N5O2. The molecule has 2 atom stereocenters. The molecule has 0 spiro atoms. The average molecular weight is 279 g/mol. The van der Waals surface area contributed by atoms with Crippen molar-refractivity contribution < 1.29 is 9.90 Å². The summed E-state index contributed by atoms with van der Waals surface area (Å²) in [6.45, 7) is 2.59. The molecule has 1 saturated heterocycles. The minimum Gasteiger partial charge on any atom is -0.396 e. The Bertz CT molecular complexity index is 471. The Hall–Kier alpha value is -1.47. The van der Waals surface area contributed by atoms with Gasteiger partial charge in [-0.1, -0.05) is 11.6 Å². The Morgan fingerprint density at radius 2 is 2.25 bits per heavy atom. The molecule has 1 amide bonds. The molecule has 1 aliphatic heterocycles. The number of aromatic nitrogens is 3. The van der Waals surface area contributed by atoms with Crippen LogP contribution in [0.4, 0.5) is 0 Å². The predicted molar refractivity (Wildman–Crippen MR) is 72.2 cm³/mol. The van der Waals surface area contributed by atoms with Crippen molar-refractivity contribution >= 4 is 5.91 Å². The Kier molecular flexibility index (Phi) is 3.98. The lowest BCUT2D eigenvalue weighted by Crippen LogP contribution is -2.43. The van der Waals surface area contributed by atoms with Gasteiger partial charge in [0.05, 0.1) is 12.2 Å². The number of rotatable bonds is 5. The normalized spacial score (nSPS) is 26.4. The molecule has 1 aromatic heterocycles. The highest BCUT2D eigenvalue weighted by Gasteiger charge is 2.27. The monoisotopic (exact) mass is 279 g/mol. The Morgan fingerprint density at radius 3 is 2.95 bits per heavy atom. The number of carbonyl (C=O) groups is 1. The van der Waals surface area contributed by atoms with Crippen LogP contribution in [0.15, 0.2) is 6.20 Å². The van der Waals surface area contributed by atoms with Crippen molar-refractivity contribution in [3.63, 3.8) is 0 Å². The molecule has 3 N–H and O–H groups in total. The maximum atomic E-state index is 12.0. The highest BCUT2D eigenvalue weighted by molar-refractivity contribution is 5.91. The first-order chi connectivity index (χ1) is 9.78. The van der Waals surface area contributed by atoms with Crippen LogP contribution in [-0.4, -0.2) is 52.2 Å². The molecule has 0 aromatic carbocycles. The van der Waals surface area contributed by atoms with Gasteiger partial charge in [0.1, 0.15) is 0 Å². The zero-order valence-electron chi connectivity index (χ0n) is 11.5. The number of carbonyl (C=O) groups excluding carboxylic acids is 1. The summed E-state index contributed by atoms with van der Waals surface area (Å²) in [6.07, 6.45) is 4.98. The molecule has 2 aliphatic rings. The SMILES string of the molecule is O=C(NCC1CCCC1CO)c1cn(C2CNC2)nn1. The second-order valence-electron chi connectivity index (χ2n) is 5.74. The van der Waals surface area contributed by atoms with Crippen LogP contribution in [0.25, 0.3) is 0 Å². The highest BCUT2D eigenvalue weighted by atomic mass is 16.3. The van der Waals surface area contributed by atoms with Crippen LogP contribution in [0, 0.1) is 11.8 Å². The molecule has 110 valence electrons. The molecule has 0 radical (unpaired) electrons. The molecule has 3 rings (SSSR count). The number of aliphatic hydroxyl groups is 1. The van der Waals surface area contributed by atoms with Crippen LogP contribution >= 0.6 is 0 Å². The van der Waals surface area contributed by atoms with Crippen LogP contribution < -0.4 is 10.6 Å². The Morgan fingerprint density at radius 1 is 1.45 bits per heavy atom. The summed E-state index contributed by atoms with van der Waals surface area (Å²) in [7, 11) is 0. The van der Waals surface area contributed by atoms with E-state index in [4.69, 9.17) is 0 Å². The lowest BCUT2D eigenvalue weighted by molar-refractivity contribution is 0.0932. The van der Waals surface area contributed by atoms with Crippen molar-refractivity contribution in [2.75, 3.05) is 26.2 Å². The number of amides is 1. The molecule has 2 fully saturated rings. The maximum absolute atomic E-state index is 12.0. The second kappa shape index (κ2) is 5.88. The summed E-state index contributed by atoms with van der Waals surface area (Å²) in [6, 6.07) is 0.317. The molecule has 7 nitrogen and oxygen atoms in total. The number of aliphatic hydroxyl groups excluding tert-OH is 1. The van der Waals surface area contributed by atoms with Crippen molar-refractivity contribution in [3.8, 4) is 0 Å². The van der Waals surface area contributed by atoms with Gasteiger partial charge in [0.25, 0.3) is 5.91 Å². The van der Waals surface area contributed by atoms with E-state index < -0.39 is 0 Å². The van der Waals surface area contributed by atoms with Crippen molar-refractivity contribution in [1.82, 2.24) is 25.6 Å². The van der Waals surface area contributed by atoms with E-state index in [1.165, 1.54) is 0 Å². The number of hydrogen-bond acceptors (Lipinski definition) is 5. The summed E-state index contributed by atoms with van der Waals surface area (Å²) >= 11 is 0. The van der Waals surface area contributed by atoms with E-state index in [1.54, 1.807) is 10.9 Å². The number of nitrogens with zero attached hydrogens (tertiary/aromatic N) is 3. The fraction of sp³-hybridized carbons (Fsp3) is 0.769. The summed E-state index contributed by atoms with van der Waals surface area (Å²) < 4.78 is 1.75. The first-order valence-corrected chi connectivity index (χ1v) is 7.29. The third-order valence-corrected chi connectivity index (χ3v) is 4.45. The van der Waals surface area contributed by atoms with E-state index in [0.29, 0.717) is 30.1 Å². The van der Waals surface area contributed by atoms with Crippen LogP contribution in [0.3, 0.4) is 0 Å². The molecular weight excluding hydrogens is 258 g/mol. The van der Waals surface area contributed by atoms with E-state index in [9.17, 15) is 9.90 Å². The zero-order chi connectivity index (χ0) is 13.9. The predicted octanol–water partition coefficient (Wildman–Crippen LogP) is -0.439. The van der Waals surface area contributed by atoms with Gasteiger partial charge in [-0.2, -0.15) is 0 Å². The largest absolute Gasteiger partial charge is 0.396 e. The molecule has 1 aliphatic carbocycles. The molecule has 20 heavy (non-hydrogen) atoms. The fourth-order valence-corrected chi connectivity index (χ4v) is 2.96.